The fourth-order valence-electron chi connectivity index (χ4n) is 6.24. The monoisotopic (exact) mass is 677 g/mol. The Labute approximate surface area is 288 Å². The lowest BCUT2D eigenvalue weighted by molar-refractivity contribution is -0.136. The first kappa shape index (κ1) is 35.7. The van der Waals surface area contributed by atoms with Crippen LogP contribution in [-0.2, 0) is 20.7 Å². The molecule has 6 bridgehead atoms. The van der Waals surface area contributed by atoms with Crippen molar-refractivity contribution in [3.8, 4) is 28.1 Å². The molecule has 0 spiro atoms. The lowest BCUT2D eigenvalue weighted by atomic mass is 9.92. The molecule has 10 heteroatoms. The number of aryl methyl sites for hydroxylation is 2. The summed E-state index contributed by atoms with van der Waals surface area (Å²) in [5.74, 6) is 0.710. The van der Waals surface area contributed by atoms with Crippen LogP contribution >= 0.6 is 11.6 Å². The topological polar surface area (TPSA) is 106 Å². The minimum Gasteiger partial charge on any atom is -0.491 e. The molecule has 5 heterocycles. The van der Waals surface area contributed by atoms with Gasteiger partial charge in [-0.3, -0.25) is 9.20 Å². The van der Waals surface area contributed by atoms with Crippen LogP contribution in [0.5, 0.6) is 5.75 Å². The van der Waals surface area contributed by atoms with Crippen LogP contribution in [0.3, 0.4) is 0 Å². The van der Waals surface area contributed by atoms with Crippen molar-refractivity contribution in [1.29, 1.82) is 0 Å². The number of anilines is 1. The number of rotatable bonds is 2. The molecule has 1 fully saturated rings. The Balaban J connectivity index is 0.000000840. The highest BCUT2D eigenvalue weighted by atomic mass is 35.5. The Hall–Kier alpha value is -3.63. The molecule has 3 aliphatic heterocycles. The molecule has 0 radical (unpaired) electrons. The average Bonchev–Trinajstić information content (AvgIpc) is 3.35. The Morgan fingerprint density at radius 3 is 2.33 bits per heavy atom. The van der Waals surface area contributed by atoms with E-state index < -0.39 is 11.6 Å². The van der Waals surface area contributed by atoms with E-state index in [1.807, 2.05) is 43.4 Å². The zero-order chi connectivity index (χ0) is 34.8. The molecule has 258 valence electrons. The molecule has 2 aromatic heterocycles. The number of halogens is 1. The molecule has 0 unspecified atom stereocenters. The molecule has 0 aliphatic carbocycles. The molecule has 3 aliphatic rings. The summed E-state index contributed by atoms with van der Waals surface area (Å²) >= 11 is 7.24. The van der Waals surface area contributed by atoms with E-state index in [1.54, 1.807) is 20.8 Å². The van der Waals surface area contributed by atoms with Gasteiger partial charge in [0.15, 0.2) is 0 Å². The van der Waals surface area contributed by atoms with Crippen molar-refractivity contribution in [2.75, 3.05) is 44.4 Å². The van der Waals surface area contributed by atoms with Crippen molar-refractivity contribution in [1.82, 2.24) is 9.38 Å². The summed E-state index contributed by atoms with van der Waals surface area (Å²) in [5.41, 5.74) is 7.13. The number of ether oxygens (including phenoxy) is 3. The third kappa shape index (κ3) is 8.14. The summed E-state index contributed by atoms with van der Waals surface area (Å²) in [5, 5.41) is 18.9. The van der Waals surface area contributed by atoms with E-state index in [-0.39, 0.29) is 12.0 Å². The normalized spacial score (nSPS) is 16.6. The zero-order valence-corrected chi connectivity index (χ0v) is 29.9. The van der Waals surface area contributed by atoms with Crippen molar-refractivity contribution < 1.29 is 29.2 Å². The van der Waals surface area contributed by atoms with Crippen LogP contribution in [0.15, 0.2) is 42.5 Å². The van der Waals surface area contributed by atoms with E-state index in [2.05, 4.69) is 36.1 Å². The van der Waals surface area contributed by atoms with Gasteiger partial charge in [0.25, 0.3) is 0 Å². The Bertz CT molecular complexity index is 1780. The van der Waals surface area contributed by atoms with E-state index in [0.29, 0.717) is 50.4 Å². The Morgan fingerprint density at radius 2 is 1.65 bits per heavy atom. The van der Waals surface area contributed by atoms with Crippen LogP contribution in [0.2, 0.25) is 5.15 Å². The van der Waals surface area contributed by atoms with Crippen molar-refractivity contribution in [3.05, 3.63) is 69.9 Å². The SMILES string of the molecule is CC(C)(C)O.Cc1ccc2c(c1)OCCOCCOC1(C)CCN(CC1)c1c(CC(=O)O)c(C)c(C)c3nc(c(Cl)n13)-c1cccc-2c1. The second-order valence-electron chi connectivity index (χ2n) is 14.0. The number of hydrogen-bond acceptors (Lipinski definition) is 7. The van der Waals surface area contributed by atoms with Crippen LogP contribution in [-0.4, -0.2) is 76.3 Å². The second kappa shape index (κ2) is 14.5. The maximum atomic E-state index is 12.1. The summed E-state index contributed by atoms with van der Waals surface area (Å²) in [6, 6.07) is 14.4. The highest BCUT2D eigenvalue weighted by Gasteiger charge is 2.34. The van der Waals surface area contributed by atoms with Gasteiger partial charge < -0.3 is 29.3 Å². The first-order valence-electron chi connectivity index (χ1n) is 16.6. The highest BCUT2D eigenvalue weighted by Crippen LogP contribution is 2.41. The van der Waals surface area contributed by atoms with E-state index in [1.165, 1.54) is 0 Å². The van der Waals surface area contributed by atoms with Crippen molar-refractivity contribution in [2.45, 2.75) is 78.9 Å². The molecule has 9 nitrogen and oxygen atoms in total. The Morgan fingerprint density at radius 1 is 0.979 bits per heavy atom. The third-order valence-electron chi connectivity index (χ3n) is 8.85. The molecular weight excluding hydrogens is 630 g/mol. The van der Waals surface area contributed by atoms with Gasteiger partial charge in [0.05, 0.1) is 37.4 Å². The first-order chi connectivity index (χ1) is 22.6. The number of carboxylic acids is 1. The zero-order valence-electron chi connectivity index (χ0n) is 29.2. The van der Waals surface area contributed by atoms with Gasteiger partial charge in [0.2, 0.25) is 0 Å². The van der Waals surface area contributed by atoms with Crippen molar-refractivity contribution in [3.63, 3.8) is 0 Å². The van der Waals surface area contributed by atoms with Crippen LogP contribution < -0.4 is 9.64 Å². The molecule has 0 amide bonds. The number of benzene rings is 2. The number of hydrogen-bond donors (Lipinski definition) is 2. The van der Waals surface area contributed by atoms with E-state index in [4.69, 9.17) is 35.9 Å². The minimum atomic E-state index is -0.880. The predicted molar refractivity (Wildman–Crippen MR) is 191 cm³/mol. The van der Waals surface area contributed by atoms with Crippen molar-refractivity contribution in [2.24, 2.45) is 0 Å². The predicted octanol–water partition coefficient (Wildman–Crippen LogP) is 7.44. The number of carboxylic acid groups (broad SMARTS) is 1. The molecule has 7 rings (SSSR count). The van der Waals surface area contributed by atoms with Gasteiger partial charge in [-0.25, -0.2) is 4.98 Å². The molecular formula is C38H48ClN3O6. The average molecular weight is 678 g/mol. The molecule has 0 saturated carbocycles. The number of aliphatic carboxylic acids is 1. The van der Waals surface area contributed by atoms with Crippen LogP contribution in [0.4, 0.5) is 5.82 Å². The molecule has 0 atom stereocenters. The number of aliphatic hydroxyl groups is 1. The number of imidazole rings is 1. The largest absolute Gasteiger partial charge is 0.491 e. The summed E-state index contributed by atoms with van der Waals surface area (Å²) in [7, 11) is 0. The summed E-state index contributed by atoms with van der Waals surface area (Å²) in [4.78, 5) is 19.4. The standard InChI is InChI=1S/C34H38ClN3O5.C4H10O/c1-21-8-9-26-24-6-5-7-25(19-24)30-31(35)38-32(36-30)23(3)22(2)27(20-29(39)40)33(38)37-12-10-34(4,11-13-37)43-17-15-41-14-16-42-28(26)18-21;1-4(2,3)5/h5-9,18-19H,10-17,20H2,1-4H3,(H,39,40);5H,1-3H3. The van der Waals surface area contributed by atoms with Gasteiger partial charge in [-0.05, 0) is 95.7 Å². The van der Waals surface area contributed by atoms with Crippen LogP contribution in [0.1, 0.15) is 62.8 Å². The number of fused-ring (bicyclic) bond motifs is 8. The van der Waals surface area contributed by atoms with E-state index in [0.717, 1.165) is 69.0 Å². The Kier molecular flexibility index (Phi) is 10.7. The molecule has 2 aromatic carbocycles. The molecule has 1 saturated heterocycles. The highest BCUT2D eigenvalue weighted by molar-refractivity contribution is 6.32. The third-order valence-corrected chi connectivity index (χ3v) is 9.20. The van der Waals surface area contributed by atoms with E-state index >= 15 is 0 Å². The fraction of sp³-hybridized carbons (Fsp3) is 0.474. The maximum absolute atomic E-state index is 12.1. The number of aromatic nitrogens is 2. The summed E-state index contributed by atoms with van der Waals surface area (Å²) < 4.78 is 20.4. The quantitative estimate of drug-likeness (QED) is 0.211. The van der Waals surface area contributed by atoms with Crippen LogP contribution in [0, 0.1) is 20.8 Å². The maximum Gasteiger partial charge on any atom is 0.307 e. The van der Waals surface area contributed by atoms with Crippen LogP contribution in [0.25, 0.3) is 28.0 Å². The van der Waals surface area contributed by atoms with E-state index in [9.17, 15) is 9.90 Å². The number of pyridine rings is 1. The number of nitrogens with zero attached hydrogens (tertiary/aromatic N) is 3. The fourth-order valence-corrected chi connectivity index (χ4v) is 6.55. The van der Waals surface area contributed by atoms with Crippen molar-refractivity contribution >= 4 is 29.0 Å². The summed E-state index contributed by atoms with van der Waals surface area (Å²) in [6.45, 7) is 16.7. The van der Waals surface area contributed by atoms with Gasteiger partial charge >= 0.3 is 5.97 Å². The van der Waals surface area contributed by atoms with Gasteiger partial charge in [-0.15, -0.1) is 0 Å². The number of piperidine rings is 1. The first-order valence-corrected chi connectivity index (χ1v) is 17.0. The molecule has 2 N–H and O–H groups in total. The van der Waals surface area contributed by atoms with Gasteiger partial charge in [-0.2, -0.15) is 0 Å². The van der Waals surface area contributed by atoms with Gasteiger partial charge in [0, 0.05) is 29.8 Å². The second-order valence-corrected chi connectivity index (χ2v) is 14.4. The van der Waals surface area contributed by atoms with Gasteiger partial charge in [0.1, 0.15) is 34.7 Å². The smallest absolute Gasteiger partial charge is 0.307 e. The lowest BCUT2D eigenvalue weighted by Crippen LogP contribution is -2.45. The minimum absolute atomic E-state index is 0.102. The number of carbonyl (C=O) groups is 1. The molecule has 4 aromatic rings. The summed E-state index contributed by atoms with van der Waals surface area (Å²) in [6.07, 6.45) is 1.47. The lowest BCUT2D eigenvalue weighted by Gasteiger charge is -2.41. The van der Waals surface area contributed by atoms with Gasteiger partial charge in [-0.1, -0.05) is 41.9 Å². The molecule has 48 heavy (non-hydrogen) atoms.